The number of hydrogen-bond acceptors (Lipinski definition) is 6. The number of methoxy groups -OCH3 is 1. The quantitative estimate of drug-likeness (QED) is 0.737. The number of esters is 1. The minimum atomic E-state index is -0.791. The SMILES string of the molecule is COC(=O)c1cn(Cc2ccco2)cc(C(=O)N[C@@H]2CC[C@@H](N)C2)c1=O.Cl. The maximum Gasteiger partial charge on any atom is 0.343 e. The van der Waals surface area contributed by atoms with Crippen LogP contribution in [0.15, 0.2) is 40.0 Å². The van der Waals surface area contributed by atoms with Crippen LogP contribution >= 0.6 is 12.4 Å². The topological polar surface area (TPSA) is 117 Å². The van der Waals surface area contributed by atoms with Gasteiger partial charge in [-0.05, 0) is 31.4 Å². The number of nitrogens with zero attached hydrogens (tertiary/aromatic N) is 1. The van der Waals surface area contributed by atoms with Gasteiger partial charge in [-0.1, -0.05) is 0 Å². The van der Waals surface area contributed by atoms with Gasteiger partial charge in [0.25, 0.3) is 5.91 Å². The van der Waals surface area contributed by atoms with E-state index in [9.17, 15) is 14.4 Å². The molecule has 0 bridgehead atoms. The van der Waals surface area contributed by atoms with Gasteiger partial charge in [0.1, 0.15) is 16.9 Å². The molecule has 1 aliphatic rings. The van der Waals surface area contributed by atoms with E-state index in [1.54, 1.807) is 16.7 Å². The van der Waals surface area contributed by atoms with E-state index in [2.05, 4.69) is 10.1 Å². The standard InChI is InChI=1S/C18H21N3O5.ClH/c1-25-18(24)15-10-21(8-13-3-2-6-26-13)9-14(16(15)22)17(23)20-12-5-4-11(19)7-12;/h2-3,6,9-12H,4-5,7-8,19H2,1H3,(H,20,23);1H/t11-,12-;/m1./s1. The maximum atomic E-state index is 12.6. The van der Waals surface area contributed by atoms with Gasteiger partial charge in [0, 0.05) is 24.5 Å². The minimum Gasteiger partial charge on any atom is -0.467 e. The number of nitrogens with two attached hydrogens (primary N) is 1. The molecule has 1 saturated carbocycles. The van der Waals surface area contributed by atoms with Crippen molar-refractivity contribution in [3.05, 3.63) is 57.9 Å². The summed E-state index contributed by atoms with van der Waals surface area (Å²) in [6, 6.07) is 3.47. The van der Waals surface area contributed by atoms with Crippen LogP contribution < -0.4 is 16.5 Å². The number of pyridine rings is 1. The summed E-state index contributed by atoms with van der Waals surface area (Å²) in [7, 11) is 1.19. The number of aromatic nitrogens is 1. The number of nitrogens with one attached hydrogen (secondary N) is 1. The number of amides is 1. The third-order valence-corrected chi connectivity index (χ3v) is 4.46. The van der Waals surface area contributed by atoms with E-state index in [0.717, 1.165) is 12.8 Å². The second kappa shape index (κ2) is 8.88. The minimum absolute atomic E-state index is 0. The van der Waals surface area contributed by atoms with Crippen molar-refractivity contribution in [1.29, 1.82) is 0 Å². The number of halogens is 1. The number of hydrogen-bond donors (Lipinski definition) is 2. The first-order valence-corrected chi connectivity index (χ1v) is 8.39. The van der Waals surface area contributed by atoms with Crippen molar-refractivity contribution in [2.75, 3.05) is 7.11 Å². The molecule has 2 aromatic rings. The molecule has 0 aliphatic heterocycles. The van der Waals surface area contributed by atoms with E-state index in [1.165, 1.54) is 25.8 Å². The second-order valence-corrected chi connectivity index (χ2v) is 6.40. The Bertz CT molecular complexity index is 862. The Labute approximate surface area is 162 Å². The van der Waals surface area contributed by atoms with Crippen LogP contribution in [0, 0.1) is 0 Å². The highest BCUT2D eigenvalue weighted by molar-refractivity contribution is 5.97. The molecule has 0 aromatic carbocycles. The van der Waals surface area contributed by atoms with Gasteiger partial charge in [0.05, 0.1) is 19.9 Å². The van der Waals surface area contributed by atoms with Gasteiger partial charge in [-0.15, -0.1) is 12.4 Å². The number of carbonyl (C=O) groups excluding carboxylic acids is 2. The van der Waals surface area contributed by atoms with E-state index < -0.39 is 17.3 Å². The summed E-state index contributed by atoms with van der Waals surface area (Å²) >= 11 is 0. The zero-order valence-electron chi connectivity index (χ0n) is 14.8. The van der Waals surface area contributed by atoms with E-state index >= 15 is 0 Å². The molecule has 0 spiro atoms. The molecule has 0 unspecified atom stereocenters. The molecule has 8 nitrogen and oxygen atoms in total. The van der Waals surface area contributed by atoms with Gasteiger partial charge < -0.3 is 24.8 Å². The predicted octanol–water partition coefficient (Wildman–Crippen LogP) is 1.31. The summed E-state index contributed by atoms with van der Waals surface area (Å²) in [6.07, 6.45) is 6.57. The molecule has 0 saturated heterocycles. The van der Waals surface area contributed by atoms with Crippen molar-refractivity contribution in [3.8, 4) is 0 Å². The van der Waals surface area contributed by atoms with Gasteiger partial charge in [0.2, 0.25) is 5.43 Å². The monoisotopic (exact) mass is 395 g/mol. The Morgan fingerprint density at radius 3 is 2.67 bits per heavy atom. The fourth-order valence-corrected chi connectivity index (χ4v) is 3.13. The van der Waals surface area contributed by atoms with E-state index in [1.807, 2.05) is 0 Å². The molecule has 1 aliphatic carbocycles. The third kappa shape index (κ3) is 4.78. The Hall–Kier alpha value is -2.58. The predicted molar refractivity (Wildman–Crippen MR) is 100 cm³/mol. The van der Waals surface area contributed by atoms with Crippen molar-refractivity contribution in [2.24, 2.45) is 5.73 Å². The lowest BCUT2D eigenvalue weighted by molar-refractivity contribution is 0.0598. The molecule has 3 rings (SSSR count). The highest BCUT2D eigenvalue weighted by Crippen LogP contribution is 2.17. The van der Waals surface area contributed by atoms with E-state index in [0.29, 0.717) is 12.2 Å². The molecule has 1 amide bonds. The summed E-state index contributed by atoms with van der Waals surface area (Å²) < 4.78 is 11.5. The lowest BCUT2D eigenvalue weighted by Crippen LogP contribution is -2.38. The number of rotatable bonds is 5. The third-order valence-electron chi connectivity index (χ3n) is 4.46. The van der Waals surface area contributed by atoms with Gasteiger partial charge in [-0.25, -0.2) is 4.79 Å². The Morgan fingerprint density at radius 1 is 1.33 bits per heavy atom. The smallest absolute Gasteiger partial charge is 0.343 e. The van der Waals surface area contributed by atoms with Crippen LogP contribution in [-0.4, -0.2) is 35.6 Å². The van der Waals surface area contributed by atoms with Crippen molar-refractivity contribution < 1.29 is 18.7 Å². The van der Waals surface area contributed by atoms with Gasteiger partial charge in [-0.3, -0.25) is 9.59 Å². The van der Waals surface area contributed by atoms with Crippen molar-refractivity contribution in [1.82, 2.24) is 9.88 Å². The van der Waals surface area contributed by atoms with Crippen LogP contribution in [0.4, 0.5) is 0 Å². The van der Waals surface area contributed by atoms with Crippen LogP contribution in [0.25, 0.3) is 0 Å². The molecule has 27 heavy (non-hydrogen) atoms. The lowest BCUT2D eigenvalue weighted by Gasteiger charge is -2.14. The first-order chi connectivity index (χ1) is 12.5. The number of carbonyl (C=O) groups is 2. The van der Waals surface area contributed by atoms with Crippen LogP contribution in [0.2, 0.25) is 0 Å². The summed E-state index contributed by atoms with van der Waals surface area (Å²) in [4.78, 5) is 37.1. The first kappa shape index (κ1) is 20.7. The Kier molecular flexibility index (Phi) is 6.81. The summed E-state index contributed by atoms with van der Waals surface area (Å²) in [6.45, 7) is 0.270. The Morgan fingerprint density at radius 2 is 2.07 bits per heavy atom. The first-order valence-electron chi connectivity index (χ1n) is 8.39. The van der Waals surface area contributed by atoms with Gasteiger partial charge in [-0.2, -0.15) is 0 Å². The van der Waals surface area contributed by atoms with Gasteiger partial charge >= 0.3 is 5.97 Å². The number of ether oxygens (including phenoxy) is 1. The zero-order chi connectivity index (χ0) is 18.7. The molecule has 2 atom stereocenters. The molecule has 9 heteroatoms. The van der Waals surface area contributed by atoms with Crippen LogP contribution in [0.3, 0.4) is 0 Å². The molecular weight excluding hydrogens is 374 g/mol. The summed E-state index contributed by atoms with van der Waals surface area (Å²) in [5.74, 6) is -0.689. The molecule has 2 heterocycles. The molecule has 2 aromatic heterocycles. The Balaban J connectivity index is 0.00000261. The second-order valence-electron chi connectivity index (χ2n) is 6.40. The largest absolute Gasteiger partial charge is 0.467 e. The molecule has 0 radical (unpaired) electrons. The fraction of sp³-hybridized carbons (Fsp3) is 0.389. The van der Waals surface area contributed by atoms with E-state index in [4.69, 9.17) is 10.2 Å². The molecule has 146 valence electrons. The normalized spacial score (nSPS) is 18.6. The van der Waals surface area contributed by atoms with Crippen LogP contribution in [-0.2, 0) is 11.3 Å². The average Bonchev–Trinajstić information content (AvgIpc) is 3.27. The van der Waals surface area contributed by atoms with Crippen molar-refractivity contribution in [2.45, 2.75) is 37.9 Å². The molecule has 3 N–H and O–H groups in total. The van der Waals surface area contributed by atoms with E-state index in [-0.39, 0.29) is 42.2 Å². The summed E-state index contributed by atoms with van der Waals surface area (Å²) in [5.41, 5.74) is 4.89. The average molecular weight is 396 g/mol. The molecule has 1 fully saturated rings. The van der Waals surface area contributed by atoms with Gasteiger partial charge in [0.15, 0.2) is 0 Å². The lowest BCUT2D eigenvalue weighted by atomic mass is 10.1. The van der Waals surface area contributed by atoms with Crippen LogP contribution in [0.5, 0.6) is 0 Å². The van der Waals surface area contributed by atoms with Crippen molar-refractivity contribution >= 4 is 24.3 Å². The number of furan rings is 1. The zero-order valence-corrected chi connectivity index (χ0v) is 15.7. The highest BCUT2D eigenvalue weighted by Gasteiger charge is 2.26. The van der Waals surface area contributed by atoms with Crippen molar-refractivity contribution in [3.63, 3.8) is 0 Å². The van der Waals surface area contributed by atoms with Crippen LogP contribution in [0.1, 0.15) is 45.7 Å². The molecular formula is C18H22ClN3O5. The summed E-state index contributed by atoms with van der Waals surface area (Å²) in [5, 5.41) is 2.83. The highest BCUT2D eigenvalue weighted by atomic mass is 35.5. The maximum absolute atomic E-state index is 12.6. The fourth-order valence-electron chi connectivity index (χ4n) is 3.13.